The van der Waals surface area contributed by atoms with Gasteiger partial charge in [-0.3, -0.25) is 4.79 Å². The Balaban J connectivity index is 1.63. The van der Waals surface area contributed by atoms with E-state index in [0.29, 0.717) is 18.9 Å². The number of hydrogen-bond acceptors (Lipinski definition) is 3. The molecule has 0 saturated heterocycles. The van der Waals surface area contributed by atoms with Crippen LogP contribution in [0.5, 0.6) is 11.5 Å². The largest absolute Gasteiger partial charge is 0.493 e. The molecule has 0 unspecified atom stereocenters. The Morgan fingerprint density at radius 2 is 1.78 bits per heavy atom. The Hall–Kier alpha value is -3.73. The van der Waals surface area contributed by atoms with Crippen molar-refractivity contribution in [2.75, 3.05) is 20.3 Å². The van der Waals surface area contributed by atoms with E-state index in [4.69, 9.17) is 9.47 Å². The van der Waals surface area contributed by atoms with Crippen molar-refractivity contribution in [1.29, 1.82) is 0 Å². The van der Waals surface area contributed by atoms with Gasteiger partial charge in [0.2, 0.25) is 0 Å². The van der Waals surface area contributed by atoms with E-state index in [2.05, 4.69) is 35.3 Å². The minimum Gasteiger partial charge on any atom is -0.493 e. The highest BCUT2D eigenvalue weighted by atomic mass is 16.5. The first-order valence-corrected chi connectivity index (χ1v) is 11.0. The topological polar surface area (TPSA) is 54.6 Å². The van der Waals surface area contributed by atoms with Crippen LogP contribution < -0.4 is 9.47 Å². The average molecular weight is 425 g/mol. The molecule has 0 saturated carbocycles. The van der Waals surface area contributed by atoms with Crippen LogP contribution in [0, 0.1) is 0 Å². The molecular weight excluding hydrogens is 400 g/mol. The number of methoxy groups -OCH3 is 1. The number of carbonyl (C=O) groups excluding carboxylic acids is 1. The smallest absolute Gasteiger partial charge is 0.255 e. The highest BCUT2D eigenvalue weighted by Crippen LogP contribution is 2.51. The molecule has 4 aromatic rings. The first kappa shape index (κ1) is 19.0. The van der Waals surface area contributed by atoms with Crippen molar-refractivity contribution in [1.82, 2.24) is 9.88 Å². The predicted molar refractivity (Wildman–Crippen MR) is 124 cm³/mol. The van der Waals surface area contributed by atoms with Crippen LogP contribution in [0.3, 0.4) is 0 Å². The molecule has 32 heavy (non-hydrogen) atoms. The van der Waals surface area contributed by atoms with E-state index < -0.39 is 0 Å². The molecule has 1 amide bonds. The van der Waals surface area contributed by atoms with Gasteiger partial charge < -0.3 is 19.4 Å². The van der Waals surface area contributed by atoms with Gasteiger partial charge in [0.25, 0.3) is 5.91 Å². The van der Waals surface area contributed by atoms with Crippen molar-refractivity contribution < 1.29 is 14.3 Å². The SMILES string of the molecule is CCOc1c(OC)cccc1[C@H]1CN2C(=O)c3ccccc3[C@@H]2c2[nH]c3ccccc3c21. The number of rotatable bonds is 4. The molecule has 2 aliphatic rings. The molecule has 3 heterocycles. The van der Waals surface area contributed by atoms with Crippen LogP contribution in [-0.4, -0.2) is 36.1 Å². The number of hydrogen-bond donors (Lipinski definition) is 1. The zero-order valence-electron chi connectivity index (χ0n) is 18.1. The lowest BCUT2D eigenvalue weighted by atomic mass is 9.82. The summed E-state index contributed by atoms with van der Waals surface area (Å²) in [6.45, 7) is 3.10. The summed E-state index contributed by atoms with van der Waals surface area (Å²) in [5, 5.41) is 1.19. The van der Waals surface area contributed by atoms with E-state index in [1.165, 1.54) is 10.9 Å². The van der Waals surface area contributed by atoms with Crippen molar-refractivity contribution in [3.05, 3.63) is 94.7 Å². The van der Waals surface area contributed by atoms with Crippen LogP contribution in [0.2, 0.25) is 0 Å². The summed E-state index contributed by atoms with van der Waals surface area (Å²) in [6.07, 6.45) is 0. The van der Waals surface area contributed by atoms with E-state index in [0.717, 1.165) is 33.7 Å². The highest BCUT2D eigenvalue weighted by molar-refractivity contribution is 6.01. The summed E-state index contributed by atoms with van der Waals surface area (Å²) in [6, 6.07) is 22.3. The van der Waals surface area contributed by atoms with Gasteiger partial charge in [0.1, 0.15) is 0 Å². The minimum atomic E-state index is -0.0986. The lowest BCUT2D eigenvalue weighted by Gasteiger charge is -2.36. The number of fused-ring (bicyclic) bond motifs is 7. The summed E-state index contributed by atoms with van der Waals surface area (Å²) in [5.41, 5.74) is 6.31. The number of nitrogens with one attached hydrogen (secondary N) is 1. The van der Waals surface area contributed by atoms with Crippen LogP contribution in [0.25, 0.3) is 10.9 Å². The number of amides is 1. The van der Waals surface area contributed by atoms with Crippen molar-refractivity contribution in [2.24, 2.45) is 0 Å². The molecule has 0 bridgehead atoms. The molecule has 2 aliphatic heterocycles. The van der Waals surface area contributed by atoms with Crippen molar-refractivity contribution in [2.45, 2.75) is 18.9 Å². The minimum absolute atomic E-state index is 0.0349. The third kappa shape index (κ3) is 2.54. The van der Waals surface area contributed by atoms with Gasteiger partial charge >= 0.3 is 0 Å². The predicted octanol–water partition coefficient (Wildman–Crippen LogP) is 5.27. The number of aromatic amines is 1. The number of carbonyl (C=O) groups is 1. The Morgan fingerprint density at radius 3 is 2.62 bits per heavy atom. The molecule has 5 heteroatoms. The third-order valence-electron chi connectivity index (χ3n) is 6.73. The Morgan fingerprint density at radius 1 is 1.00 bits per heavy atom. The Labute approximate surface area is 186 Å². The summed E-state index contributed by atoms with van der Waals surface area (Å²) < 4.78 is 11.7. The van der Waals surface area contributed by atoms with Gasteiger partial charge in [0.15, 0.2) is 11.5 Å². The second-order valence-electron chi connectivity index (χ2n) is 8.31. The zero-order chi connectivity index (χ0) is 21.8. The maximum Gasteiger partial charge on any atom is 0.255 e. The standard InChI is InChI=1S/C27H24N2O3/c1-3-32-26-17(12-8-14-22(26)31-2)20-15-29-25(16-9-4-5-10-18(16)27(29)30)24-23(20)19-11-6-7-13-21(19)28-24/h4-14,20,25,28H,3,15H2,1-2H3/t20-,25-/m1/s1. The monoisotopic (exact) mass is 424 g/mol. The number of benzene rings is 3. The molecule has 3 aromatic carbocycles. The molecule has 160 valence electrons. The summed E-state index contributed by atoms with van der Waals surface area (Å²) >= 11 is 0. The molecular formula is C27H24N2O3. The molecule has 6 rings (SSSR count). The fourth-order valence-corrected chi connectivity index (χ4v) is 5.45. The van der Waals surface area contributed by atoms with Crippen LogP contribution in [0.4, 0.5) is 0 Å². The normalized spacial score (nSPS) is 18.9. The van der Waals surface area contributed by atoms with Crippen LogP contribution in [0.1, 0.15) is 51.6 Å². The van der Waals surface area contributed by atoms with Gasteiger partial charge in [0.05, 0.1) is 19.8 Å². The first-order valence-electron chi connectivity index (χ1n) is 11.0. The van der Waals surface area contributed by atoms with E-state index in [1.54, 1.807) is 7.11 Å². The van der Waals surface area contributed by atoms with E-state index in [1.807, 2.05) is 48.2 Å². The summed E-state index contributed by atoms with van der Waals surface area (Å²) in [7, 11) is 1.66. The second kappa shape index (κ2) is 7.16. The van der Waals surface area contributed by atoms with Gasteiger partial charge in [-0.1, -0.05) is 48.5 Å². The number of ether oxygens (including phenoxy) is 2. The van der Waals surface area contributed by atoms with Crippen LogP contribution in [0.15, 0.2) is 66.7 Å². The van der Waals surface area contributed by atoms with E-state index in [9.17, 15) is 4.79 Å². The Bertz CT molecular complexity index is 1360. The number of H-pyrrole nitrogens is 1. The lowest BCUT2D eigenvalue weighted by Crippen LogP contribution is -2.38. The lowest BCUT2D eigenvalue weighted by molar-refractivity contribution is 0.0727. The molecule has 0 aliphatic carbocycles. The quantitative estimate of drug-likeness (QED) is 0.486. The van der Waals surface area contributed by atoms with Crippen LogP contribution in [-0.2, 0) is 0 Å². The van der Waals surface area contributed by atoms with Gasteiger partial charge in [-0.25, -0.2) is 0 Å². The van der Waals surface area contributed by atoms with Crippen molar-refractivity contribution >= 4 is 16.8 Å². The van der Waals surface area contributed by atoms with Gasteiger partial charge in [-0.2, -0.15) is 0 Å². The molecule has 1 N–H and O–H groups in total. The fraction of sp³-hybridized carbons (Fsp3) is 0.222. The Kier molecular flexibility index (Phi) is 4.25. The van der Waals surface area contributed by atoms with Gasteiger partial charge in [-0.15, -0.1) is 0 Å². The zero-order valence-corrected chi connectivity index (χ0v) is 18.1. The number of nitrogens with zero attached hydrogens (tertiary/aromatic N) is 1. The van der Waals surface area contributed by atoms with E-state index in [-0.39, 0.29) is 17.9 Å². The molecule has 0 radical (unpaired) electrons. The van der Waals surface area contributed by atoms with Crippen molar-refractivity contribution in [3.63, 3.8) is 0 Å². The first-order chi connectivity index (χ1) is 15.7. The van der Waals surface area contributed by atoms with Crippen molar-refractivity contribution in [3.8, 4) is 11.5 Å². The average Bonchev–Trinajstić information content (AvgIpc) is 3.35. The van der Waals surface area contributed by atoms with E-state index >= 15 is 0 Å². The molecule has 0 fully saturated rings. The fourth-order valence-electron chi connectivity index (χ4n) is 5.45. The maximum absolute atomic E-state index is 13.4. The number of para-hydroxylation sites is 2. The highest BCUT2D eigenvalue weighted by Gasteiger charge is 2.46. The maximum atomic E-state index is 13.4. The molecule has 1 aromatic heterocycles. The summed E-state index contributed by atoms with van der Waals surface area (Å²) in [4.78, 5) is 19.1. The van der Waals surface area contributed by atoms with Gasteiger partial charge in [-0.05, 0) is 36.2 Å². The second-order valence-corrected chi connectivity index (χ2v) is 8.31. The molecule has 5 nitrogen and oxygen atoms in total. The van der Waals surface area contributed by atoms with Gasteiger partial charge in [0, 0.05) is 40.2 Å². The third-order valence-corrected chi connectivity index (χ3v) is 6.73. The molecule has 2 atom stereocenters. The van der Waals surface area contributed by atoms with Crippen LogP contribution >= 0.6 is 0 Å². The summed E-state index contributed by atoms with van der Waals surface area (Å²) in [5.74, 6) is 1.51. The number of aromatic nitrogens is 1. The molecule has 0 spiro atoms.